The minimum absolute atomic E-state index is 0.363. The van der Waals surface area contributed by atoms with Crippen LogP contribution in [0.15, 0.2) is 0 Å². The fourth-order valence-electron chi connectivity index (χ4n) is 2.54. The number of nitrogens with zero attached hydrogens (tertiary/aromatic N) is 1. The Kier molecular flexibility index (Phi) is 3.40. The third-order valence-electron chi connectivity index (χ3n) is 3.52. The highest BCUT2D eigenvalue weighted by Crippen LogP contribution is 2.40. The van der Waals surface area contributed by atoms with Gasteiger partial charge < -0.3 is 5.73 Å². The summed E-state index contributed by atoms with van der Waals surface area (Å²) in [5.74, 6) is 2.57. The second kappa shape index (κ2) is 4.42. The molecule has 0 spiro atoms. The second-order valence-corrected chi connectivity index (χ2v) is 5.76. The number of rotatable bonds is 5. The maximum atomic E-state index is 6.01. The van der Waals surface area contributed by atoms with Gasteiger partial charge in [0.25, 0.3) is 0 Å². The van der Waals surface area contributed by atoms with Crippen molar-refractivity contribution in [3.8, 4) is 0 Å². The van der Waals surface area contributed by atoms with Gasteiger partial charge in [0.15, 0.2) is 0 Å². The van der Waals surface area contributed by atoms with E-state index in [1.54, 1.807) is 0 Å². The van der Waals surface area contributed by atoms with E-state index in [0.717, 1.165) is 12.6 Å². The van der Waals surface area contributed by atoms with Gasteiger partial charge in [-0.1, -0.05) is 6.92 Å². The average Bonchev–Trinajstić information content (AvgIpc) is 2.93. The lowest BCUT2D eigenvalue weighted by atomic mass is 9.96. The highest BCUT2D eigenvalue weighted by Gasteiger charge is 2.44. The van der Waals surface area contributed by atoms with Gasteiger partial charge in [-0.05, 0) is 38.0 Å². The molecule has 3 heteroatoms. The van der Waals surface area contributed by atoms with Gasteiger partial charge in [-0.15, -0.1) is 0 Å². The Morgan fingerprint density at radius 1 is 1.50 bits per heavy atom. The second-order valence-electron chi connectivity index (χ2n) is 4.66. The van der Waals surface area contributed by atoms with Crippen LogP contribution in [0.3, 0.4) is 0 Å². The van der Waals surface area contributed by atoms with E-state index in [-0.39, 0.29) is 0 Å². The summed E-state index contributed by atoms with van der Waals surface area (Å²) in [5.41, 5.74) is 6.37. The first-order chi connectivity index (χ1) is 6.82. The minimum Gasteiger partial charge on any atom is -0.329 e. The molecule has 0 bridgehead atoms. The summed E-state index contributed by atoms with van der Waals surface area (Å²) in [6.45, 7) is 4.39. The van der Waals surface area contributed by atoms with E-state index in [1.165, 1.54) is 43.7 Å². The molecule has 1 aliphatic heterocycles. The molecule has 14 heavy (non-hydrogen) atoms. The Balaban J connectivity index is 2.05. The third-order valence-corrected chi connectivity index (χ3v) is 4.76. The summed E-state index contributed by atoms with van der Waals surface area (Å²) >= 11 is 2.08. The topological polar surface area (TPSA) is 29.3 Å². The van der Waals surface area contributed by atoms with E-state index in [1.807, 2.05) is 0 Å². The van der Waals surface area contributed by atoms with Crippen molar-refractivity contribution in [3.05, 3.63) is 0 Å². The third kappa shape index (κ3) is 1.95. The van der Waals surface area contributed by atoms with Crippen molar-refractivity contribution < 1.29 is 0 Å². The normalized spacial score (nSPS) is 32.8. The van der Waals surface area contributed by atoms with E-state index < -0.39 is 0 Å². The molecule has 1 heterocycles. The van der Waals surface area contributed by atoms with Crippen molar-refractivity contribution in [2.75, 3.05) is 24.6 Å². The molecule has 0 amide bonds. The van der Waals surface area contributed by atoms with Crippen LogP contribution >= 0.6 is 11.8 Å². The van der Waals surface area contributed by atoms with Gasteiger partial charge in [-0.3, -0.25) is 4.90 Å². The van der Waals surface area contributed by atoms with Gasteiger partial charge in [0.05, 0.1) is 0 Å². The lowest BCUT2D eigenvalue weighted by Gasteiger charge is -2.40. The van der Waals surface area contributed by atoms with Crippen LogP contribution in [0, 0.1) is 0 Å². The van der Waals surface area contributed by atoms with Gasteiger partial charge >= 0.3 is 0 Å². The Morgan fingerprint density at radius 3 is 2.71 bits per heavy atom. The van der Waals surface area contributed by atoms with Crippen molar-refractivity contribution in [1.82, 2.24) is 4.90 Å². The van der Waals surface area contributed by atoms with Gasteiger partial charge in [0, 0.05) is 23.9 Å². The van der Waals surface area contributed by atoms with Crippen LogP contribution in [-0.2, 0) is 0 Å². The number of nitrogens with two attached hydrogens (primary N) is 1. The van der Waals surface area contributed by atoms with Gasteiger partial charge in [-0.25, -0.2) is 0 Å². The van der Waals surface area contributed by atoms with Crippen molar-refractivity contribution in [2.24, 2.45) is 5.73 Å². The van der Waals surface area contributed by atoms with E-state index in [0.29, 0.717) is 5.54 Å². The van der Waals surface area contributed by atoms with Crippen LogP contribution < -0.4 is 5.73 Å². The summed E-state index contributed by atoms with van der Waals surface area (Å²) in [4.78, 5) is 2.73. The summed E-state index contributed by atoms with van der Waals surface area (Å²) < 4.78 is 0. The maximum Gasteiger partial charge on any atom is 0.0432 e. The van der Waals surface area contributed by atoms with Crippen LogP contribution in [-0.4, -0.2) is 41.1 Å². The zero-order valence-corrected chi connectivity index (χ0v) is 9.98. The number of hydrogen-bond acceptors (Lipinski definition) is 3. The molecule has 2 rings (SSSR count). The molecule has 0 aromatic carbocycles. The summed E-state index contributed by atoms with van der Waals surface area (Å²) in [6.07, 6.45) is 5.40. The quantitative estimate of drug-likeness (QED) is 0.755. The minimum atomic E-state index is 0.363. The predicted octanol–water partition coefficient (Wildman–Crippen LogP) is 1.70. The smallest absolute Gasteiger partial charge is 0.0432 e. The van der Waals surface area contributed by atoms with Gasteiger partial charge in [0.2, 0.25) is 0 Å². The van der Waals surface area contributed by atoms with Gasteiger partial charge in [0.1, 0.15) is 0 Å². The first-order valence-electron chi connectivity index (χ1n) is 5.87. The summed E-state index contributed by atoms with van der Waals surface area (Å²) in [5, 5.41) is 0. The van der Waals surface area contributed by atoms with Crippen molar-refractivity contribution in [3.63, 3.8) is 0 Å². The first-order valence-corrected chi connectivity index (χ1v) is 7.02. The maximum absolute atomic E-state index is 6.01. The van der Waals surface area contributed by atoms with E-state index in [2.05, 4.69) is 23.6 Å². The molecular weight excluding hydrogens is 192 g/mol. The van der Waals surface area contributed by atoms with Crippen LogP contribution in [0.25, 0.3) is 0 Å². The highest BCUT2D eigenvalue weighted by molar-refractivity contribution is 7.99. The van der Waals surface area contributed by atoms with Crippen molar-refractivity contribution in [1.29, 1.82) is 0 Å². The molecule has 1 atom stereocenters. The number of thioether (sulfide) groups is 1. The van der Waals surface area contributed by atoms with Crippen LogP contribution in [0.5, 0.6) is 0 Å². The standard InChI is InChI=1S/C11H22N2S/c1-2-6-13(10-3-4-10)11(8-12)5-7-14-9-11/h10H,2-9,12H2,1H3. The van der Waals surface area contributed by atoms with E-state index in [9.17, 15) is 0 Å². The molecular formula is C11H22N2S. The van der Waals surface area contributed by atoms with E-state index >= 15 is 0 Å². The Labute approximate surface area is 91.6 Å². The lowest BCUT2D eigenvalue weighted by molar-refractivity contribution is 0.107. The molecule has 2 N–H and O–H groups in total. The Morgan fingerprint density at radius 2 is 2.29 bits per heavy atom. The average molecular weight is 214 g/mol. The Bertz CT molecular complexity index is 186. The zero-order valence-electron chi connectivity index (χ0n) is 9.17. The van der Waals surface area contributed by atoms with Crippen molar-refractivity contribution >= 4 is 11.8 Å². The van der Waals surface area contributed by atoms with E-state index in [4.69, 9.17) is 5.73 Å². The fourth-order valence-corrected chi connectivity index (χ4v) is 4.01. The predicted molar refractivity (Wildman–Crippen MR) is 63.7 cm³/mol. The lowest BCUT2D eigenvalue weighted by Crippen LogP contribution is -2.55. The monoisotopic (exact) mass is 214 g/mol. The largest absolute Gasteiger partial charge is 0.329 e. The highest BCUT2D eigenvalue weighted by atomic mass is 32.2. The first kappa shape index (κ1) is 10.8. The molecule has 1 unspecified atom stereocenters. The molecule has 0 aromatic heterocycles. The zero-order chi connectivity index (χ0) is 10.0. The van der Waals surface area contributed by atoms with Crippen LogP contribution in [0.1, 0.15) is 32.6 Å². The molecule has 2 nitrogen and oxygen atoms in total. The number of hydrogen-bond donors (Lipinski definition) is 1. The SMILES string of the molecule is CCCN(C1CC1)C1(CN)CCSC1. The molecule has 0 radical (unpaired) electrons. The summed E-state index contributed by atoms with van der Waals surface area (Å²) in [6, 6.07) is 0.872. The molecule has 0 aromatic rings. The molecule has 1 saturated carbocycles. The van der Waals surface area contributed by atoms with Crippen LogP contribution in [0.2, 0.25) is 0 Å². The molecule has 2 fully saturated rings. The molecule has 1 saturated heterocycles. The summed E-state index contributed by atoms with van der Waals surface area (Å²) in [7, 11) is 0. The van der Waals surface area contributed by atoms with Crippen LogP contribution in [0.4, 0.5) is 0 Å². The molecule has 2 aliphatic rings. The van der Waals surface area contributed by atoms with Gasteiger partial charge in [-0.2, -0.15) is 11.8 Å². The molecule has 82 valence electrons. The molecule has 1 aliphatic carbocycles. The Hall–Kier alpha value is 0.270. The fraction of sp³-hybridized carbons (Fsp3) is 1.00. The van der Waals surface area contributed by atoms with Crippen molar-refractivity contribution in [2.45, 2.75) is 44.2 Å².